The maximum atomic E-state index is 13.2. The normalized spacial score (nSPS) is 14.5. The van der Waals surface area contributed by atoms with Gasteiger partial charge in [0.15, 0.2) is 0 Å². The molecular formula is C15H22BrFO. The fourth-order valence-corrected chi connectivity index (χ4v) is 2.70. The molecule has 0 bridgehead atoms. The van der Waals surface area contributed by atoms with Crippen molar-refractivity contribution in [3.8, 4) is 0 Å². The molecule has 1 N–H and O–H groups in total. The maximum absolute atomic E-state index is 13.2. The van der Waals surface area contributed by atoms with Gasteiger partial charge in [0.25, 0.3) is 0 Å². The zero-order valence-electron chi connectivity index (χ0n) is 11.2. The number of hydrogen-bond donors (Lipinski definition) is 1. The van der Waals surface area contributed by atoms with Gasteiger partial charge >= 0.3 is 0 Å². The van der Waals surface area contributed by atoms with E-state index in [-0.39, 0.29) is 17.8 Å². The first kappa shape index (κ1) is 15.6. The number of rotatable bonds is 7. The summed E-state index contributed by atoms with van der Waals surface area (Å²) in [5.41, 5.74) is 1.02. The number of aliphatic hydroxyl groups excluding tert-OH is 1. The first-order valence-corrected chi connectivity index (χ1v) is 7.41. The van der Waals surface area contributed by atoms with Crippen LogP contribution in [0.25, 0.3) is 0 Å². The van der Waals surface area contributed by atoms with Gasteiger partial charge in [-0.3, -0.25) is 0 Å². The second-order valence-electron chi connectivity index (χ2n) is 5.04. The summed E-state index contributed by atoms with van der Waals surface area (Å²) in [6.45, 7) is 4.47. The zero-order valence-corrected chi connectivity index (χ0v) is 12.8. The highest BCUT2D eigenvalue weighted by Crippen LogP contribution is 2.33. The molecule has 0 amide bonds. The van der Waals surface area contributed by atoms with Crippen molar-refractivity contribution in [2.45, 2.75) is 46.0 Å². The summed E-state index contributed by atoms with van der Waals surface area (Å²) in [6.07, 6.45) is 5.02. The minimum Gasteiger partial charge on any atom is -0.396 e. The fourth-order valence-electron chi connectivity index (χ4n) is 2.27. The Hall–Kier alpha value is -0.410. The highest BCUT2D eigenvalue weighted by atomic mass is 79.9. The molecule has 102 valence electrons. The summed E-state index contributed by atoms with van der Waals surface area (Å²) in [5.74, 6) is -0.238. The Balaban J connectivity index is 2.84. The van der Waals surface area contributed by atoms with E-state index in [9.17, 15) is 9.50 Å². The van der Waals surface area contributed by atoms with Crippen LogP contribution in [0.1, 0.15) is 45.1 Å². The van der Waals surface area contributed by atoms with Gasteiger partial charge in [0.2, 0.25) is 0 Å². The van der Waals surface area contributed by atoms with Gasteiger partial charge in [-0.1, -0.05) is 32.8 Å². The lowest BCUT2D eigenvalue weighted by atomic mass is 9.76. The van der Waals surface area contributed by atoms with Crippen molar-refractivity contribution in [1.82, 2.24) is 0 Å². The van der Waals surface area contributed by atoms with E-state index in [0.717, 1.165) is 37.7 Å². The Morgan fingerprint density at radius 3 is 2.56 bits per heavy atom. The van der Waals surface area contributed by atoms with Gasteiger partial charge in [0.1, 0.15) is 5.82 Å². The highest BCUT2D eigenvalue weighted by Gasteiger charge is 2.27. The number of halogens is 2. The predicted molar refractivity (Wildman–Crippen MR) is 77.1 cm³/mol. The number of benzene rings is 1. The zero-order chi connectivity index (χ0) is 13.6. The molecule has 0 aliphatic rings. The quantitative estimate of drug-likeness (QED) is 0.772. The van der Waals surface area contributed by atoms with Crippen molar-refractivity contribution in [1.29, 1.82) is 0 Å². The van der Waals surface area contributed by atoms with Crippen molar-refractivity contribution in [2.75, 3.05) is 6.61 Å². The van der Waals surface area contributed by atoms with Crippen LogP contribution in [0, 0.1) is 11.2 Å². The molecule has 0 fully saturated rings. The van der Waals surface area contributed by atoms with Gasteiger partial charge in [-0.15, -0.1) is 0 Å². The third kappa shape index (κ3) is 4.06. The van der Waals surface area contributed by atoms with Gasteiger partial charge in [-0.2, -0.15) is 0 Å². The number of hydrogen-bond acceptors (Lipinski definition) is 1. The molecule has 0 saturated carbocycles. The molecular weight excluding hydrogens is 295 g/mol. The molecule has 0 saturated heterocycles. The van der Waals surface area contributed by atoms with Crippen molar-refractivity contribution in [3.63, 3.8) is 0 Å². The van der Waals surface area contributed by atoms with Gasteiger partial charge < -0.3 is 5.11 Å². The average Bonchev–Trinajstić information content (AvgIpc) is 2.39. The van der Waals surface area contributed by atoms with Crippen LogP contribution in [0.3, 0.4) is 0 Å². The summed E-state index contributed by atoms with van der Waals surface area (Å²) in [5, 5.41) is 9.70. The fraction of sp³-hybridized carbons (Fsp3) is 0.600. The number of unbranched alkanes of at least 4 members (excludes halogenated alkanes) is 1. The monoisotopic (exact) mass is 316 g/mol. The molecule has 1 nitrogen and oxygen atoms in total. The third-order valence-corrected chi connectivity index (χ3v) is 4.32. The number of aliphatic hydroxyl groups is 1. The van der Waals surface area contributed by atoms with Crippen molar-refractivity contribution < 1.29 is 9.50 Å². The molecule has 1 rings (SSSR count). The van der Waals surface area contributed by atoms with Gasteiger partial charge in [-0.05, 0) is 58.3 Å². The largest absolute Gasteiger partial charge is 0.396 e. The molecule has 1 unspecified atom stereocenters. The highest BCUT2D eigenvalue weighted by molar-refractivity contribution is 9.10. The minimum absolute atomic E-state index is 0.0622. The Bertz CT molecular complexity index is 375. The molecule has 1 aromatic carbocycles. The summed E-state index contributed by atoms with van der Waals surface area (Å²) < 4.78 is 13.7. The summed E-state index contributed by atoms with van der Waals surface area (Å²) in [7, 11) is 0. The topological polar surface area (TPSA) is 20.2 Å². The third-order valence-electron chi connectivity index (χ3n) is 3.71. The molecule has 1 atom stereocenters. The summed E-state index contributed by atoms with van der Waals surface area (Å²) >= 11 is 3.21. The van der Waals surface area contributed by atoms with Crippen LogP contribution in [0.5, 0.6) is 0 Å². The maximum Gasteiger partial charge on any atom is 0.137 e. The summed E-state index contributed by atoms with van der Waals surface area (Å²) in [6, 6.07) is 5.12. The SMILES string of the molecule is CCCCC(CC)(CO)Cc1ccc(F)c(Br)c1. The second-order valence-corrected chi connectivity index (χ2v) is 5.89. The Kier molecular flexibility index (Phi) is 6.30. The van der Waals surface area contributed by atoms with Gasteiger partial charge in [0, 0.05) is 6.61 Å². The van der Waals surface area contributed by atoms with Crippen LogP contribution < -0.4 is 0 Å². The van der Waals surface area contributed by atoms with E-state index in [4.69, 9.17) is 0 Å². The van der Waals surface area contributed by atoms with E-state index in [1.165, 1.54) is 6.07 Å². The smallest absolute Gasteiger partial charge is 0.137 e. The first-order chi connectivity index (χ1) is 8.56. The van der Waals surface area contributed by atoms with E-state index in [2.05, 4.69) is 29.8 Å². The van der Waals surface area contributed by atoms with Crippen LogP contribution >= 0.6 is 15.9 Å². The van der Waals surface area contributed by atoms with Crippen LogP contribution in [0.15, 0.2) is 22.7 Å². The van der Waals surface area contributed by atoms with Crippen LogP contribution in [0.2, 0.25) is 0 Å². The molecule has 0 aliphatic heterocycles. The van der Waals surface area contributed by atoms with E-state index >= 15 is 0 Å². The molecule has 18 heavy (non-hydrogen) atoms. The molecule has 0 heterocycles. The Labute approximate surface area is 118 Å². The minimum atomic E-state index is -0.238. The Morgan fingerprint density at radius 2 is 2.06 bits per heavy atom. The van der Waals surface area contributed by atoms with Crippen LogP contribution in [0.4, 0.5) is 4.39 Å². The van der Waals surface area contributed by atoms with E-state index < -0.39 is 0 Å². The average molecular weight is 317 g/mol. The summed E-state index contributed by atoms with van der Waals surface area (Å²) in [4.78, 5) is 0. The van der Waals surface area contributed by atoms with Gasteiger partial charge in [0.05, 0.1) is 4.47 Å². The molecule has 0 radical (unpaired) electrons. The standard InChI is InChI=1S/C15H22BrFO/c1-3-5-8-15(4-2,11-18)10-12-6-7-14(17)13(16)9-12/h6-7,9,18H,3-5,8,10-11H2,1-2H3. The van der Waals surface area contributed by atoms with E-state index in [0.29, 0.717) is 4.47 Å². The molecule has 0 aliphatic carbocycles. The molecule has 3 heteroatoms. The molecule has 1 aromatic rings. The molecule has 0 aromatic heterocycles. The lowest BCUT2D eigenvalue weighted by Crippen LogP contribution is -2.27. The molecule has 0 spiro atoms. The van der Waals surface area contributed by atoms with Crippen LogP contribution in [-0.4, -0.2) is 11.7 Å². The van der Waals surface area contributed by atoms with Crippen molar-refractivity contribution in [2.24, 2.45) is 5.41 Å². The van der Waals surface area contributed by atoms with Crippen LogP contribution in [-0.2, 0) is 6.42 Å². The van der Waals surface area contributed by atoms with E-state index in [1.807, 2.05) is 12.1 Å². The predicted octanol–water partition coefficient (Wildman–Crippen LogP) is 4.71. The van der Waals surface area contributed by atoms with Crippen molar-refractivity contribution >= 4 is 15.9 Å². The first-order valence-electron chi connectivity index (χ1n) is 6.61. The van der Waals surface area contributed by atoms with E-state index in [1.54, 1.807) is 0 Å². The van der Waals surface area contributed by atoms with Crippen molar-refractivity contribution in [3.05, 3.63) is 34.1 Å². The van der Waals surface area contributed by atoms with Gasteiger partial charge in [-0.25, -0.2) is 4.39 Å². The lowest BCUT2D eigenvalue weighted by Gasteiger charge is -2.31. The second kappa shape index (κ2) is 7.25. The lowest BCUT2D eigenvalue weighted by molar-refractivity contribution is 0.107. The Morgan fingerprint density at radius 1 is 1.33 bits per heavy atom.